The van der Waals surface area contributed by atoms with Gasteiger partial charge in [-0.2, -0.15) is 0 Å². The van der Waals surface area contributed by atoms with Crippen LogP contribution >= 0.6 is 0 Å². The van der Waals surface area contributed by atoms with Crippen molar-refractivity contribution in [3.8, 4) is 5.75 Å². The van der Waals surface area contributed by atoms with Crippen LogP contribution in [0.2, 0.25) is 0 Å². The zero-order valence-corrected chi connectivity index (χ0v) is 14.5. The number of likely N-dealkylation sites (tertiary alicyclic amines) is 1. The van der Waals surface area contributed by atoms with Crippen molar-refractivity contribution < 1.29 is 14.3 Å². The Bertz CT molecular complexity index is 809. The molecule has 134 valence electrons. The lowest BCUT2D eigenvalue weighted by Crippen LogP contribution is -2.55. The summed E-state index contributed by atoms with van der Waals surface area (Å²) in [5.41, 5.74) is 1.69. The molecule has 3 aliphatic rings. The number of anilines is 1. The summed E-state index contributed by atoms with van der Waals surface area (Å²) in [5, 5.41) is 0. The summed E-state index contributed by atoms with van der Waals surface area (Å²) in [6.07, 6.45) is 2.53. The van der Waals surface area contributed by atoms with Gasteiger partial charge in [0.25, 0.3) is 0 Å². The van der Waals surface area contributed by atoms with E-state index >= 15 is 0 Å². The first-order chi connectivity index (χ1) is 12.8. The fraction of sp³-hybridized carbons (Fsp3) is 0.400. The van der Waals surface area contributed by atoms with E-state index in [2.05, 4.69) is 9.88 Å². The van der Waals surface area contributed by atoms with Crippen molar-refractivity contribution in [1.82, 2.24) is 9.88 Å². The number of benzene rings is 1. The standard InChI is InChI=1S/C20H21N3O3/c24-20-18-9-16(11-22(18)15-12-25-13-15)26-19-7-2-1-6-17(19)23(20)10-14-5-3-4-8-21-14/h1-8,15-16,18H,9-13H2. The number of carbonyl (C=O) groups excluding carboxylic acids is 1. The van der Waals surface area contributed by atoms with E-state index in [1.165, 1.54) is 0 Å². The molecule has 4 heterocycles. The topological polar surface area (TPSA) is 54.9 Å². The number of fused-ring (bicyclic) bond motifs is 3. The van der Waals surface area contributed by atoms with Gasteiger partial charge in [0.1, 0.15) is 11.9 Å². The summed E-state index contributed by atoms with van der Waals surface area (Å²) in [6, 6.07) is 13.7. The number of carbonyl (C=O) groups is 1. The van der Waals surface area contributed by atoms with Gasteiger partial charge >= 0.3 is 0 Å². The number of nitrogens with zero attached hydrogens (tertiary/aromatic N) is 3. The monoisotopic (exact) mass is 351 g/mol. The molecule has 6 nitrogen and oxygen atoms in total. The molecule has 3 aliphatic heterocycles. The first-order valence-corrected chi connectivity index (χ1v) is 9.10. The highest BCUT2D eigenvalue weighted by Gasteiger charge is 2.46. The third-order valence-electron chi connectivity index (χ3n) is 5.44. The van der Waals surface area contributed by atoms with E-state index in [9.17, 15) is 4.79 Å². The Morgan fingerprint density at radius 2 is 1.96 bits per heavy atom. The molecule has 0 N–H and O–H groups in total. The fourth-order valence-corrected chi connectivity index (χ4v) is 4.04. The van der Waals surface area contributed by atoms with Crippen LogP contribution in [0.15, 0.2) is 48.7 Å². The first-order valence-electron chi connectivity index (χ1n) is 9.10. The van der Waals surface area contributed by atoms with E-state index in [-0.39, 0.29) is 18.1 Å². The number of hydrogen-bond acceptors (Lipinski definition) is 5. The van der Waals surface area contributed by atoms with Crippen molar-refractivity contribution in [2.75, 3.05) is 24.7 Å². The second kappa shape index (κ2) is 6.37. The molecule has 2 atom stereocenters. The molecule has 2 fully saturated rings. The van der Waals surface area contributed by atoms with E-state index in [1.807, 2.05) is 47.4 Å². The molecule has 1 aromatic heterocycles. The zero-order valence-electron chi connectivity index (χ0n) is 14.5. The number of para-hydroxylation sites is 2. The predicted octanol–water partition coefficient (Wildman–Crippen LogP) is 1.85. The molecular weight excluding hydrogens is 330 g/mol. The Balaban J connectivity index is 1.53. The summed E-state index contributed by atoms with van der Waals surface area (Å²) in [5.74, 6) is 0.896. The molecule has 0 saturated carbocycles. The van der Waals surface area contributed by atoms with Crippen LogP contribution in [0.3, 0.4) is 0 Å². The van der Waals surface area contributed by atoms with Gasteiger partial charge in [0.2, 0.25) is 5.91 Å². The Morgan fingerprint density at radius 1 is 1.12 bits per heavy atom. The molecule has 2 aromatic rings. The van der Waals surface area contributed by atoms with Crippen LogP contribution in [0, 0.1) is 0 Å². The normalized spacial score (nSPS) is 25.8. The summed E-state index contributed by atoms with van der Waals surface area (Å²) in [6.45, 7) is 2.61. The van der Waals surface area contributed by atoms with Gasteiger partial charge in [0.15, 0.2) is 0 Å². The van der Waals surface area contributed by atoms with Gasteiger partial charge in [-0.25, -0.2) is 0 Å². The van der Waals surface area contributed by atoms with Crippen LogP contribution in [-0.4, -0.2) is 53.7 Å². The first kappa shape index (κ1) is 15.8. The molecule has 1 amide bonds. The van der Waals surface area contributed by atoms with Crippen LogP contribution in [-0.2, 0) is 16.1 Å². The third-order valence-corrected chi connectivity index (χ3v) is 5.44. The Morgan fingerprint density at radius 3 is 2.73 bits per heavy atom. The number of amides is 1. The molecule has 0 radical (unpaired) electrons. The van der Waals surface area contributed by atoms with Crippen molar-refractivity contribution >= 4 is 11.6 Å². The largest absolute Gasteiger partial charge is 0.487 e. The molecular formula is C20H21N3O3. The van der Waals surface area contributed by atoms with Gasteiger partial charge in [0, 0.05) is 19.2 Å². The molecule has 5 rings (SSSR count). The van der Waals surface area contributed by atoms with E-state index in [1.54, 1.807) is 6.20 Å². The molecule has 26 heavy (non-hydrogen) atoms. The average molecular weight is 351 g/mol. The maximum Gasteiger partial charge on any atom is 0.244 e. The molecule has 2 unspecified atom stereocenters. The number of hydrogen-bond donors (Lipinski definition) is 0. The fourth-order valence-electron chi connectivity index (χ4n) is 4.04. The smallest absolute Gasteiger partial charge is 0.244 e. The number of ether oxygens (including phenoxy) is 2. The number of aromatic nitrogens is 1. The van der Waals surface area contributed by atoms with Crippen LogP contribution in [0.25, 0.3) is 0 Å². The summed E-state index contributed by atoms with van der Waals surface area (Å²) < 4.78 is 11.7. The predicted molar refractivity (Wildman–Crippen MR) is 96.0 cm³/mol. The molecule has 2 saturated heterocycles. The quantitative estimate of drug-likeness (QED) is 0.845. The van der Waals surface area contributed by atoms with Crippen LogP contribution in [0.5, 0.6) is 5.75 Å². The third kappa shape index (κ3) is 2.66. The molecule has 2 bridgehead atoms. The molecule has 0 aliphatic carbocycles. The van der Waals surface area contributed by atoms with E-state index in [4.69, 9.17) is 9.47 Å². The summed E-state index contributed by atoms with van der Waals surface area (Å²) in [4.78, 5) is 22.0. The van der Waals surface area contributed by atoms with Crippen LogP contribution in [0.4, 0.5) is 5.69 Å². The lowest BCUT2D eigenvalue weighted by molar-refractivity contribution is -0.128. The van der Waals surface area contributed by atoms with Crippen LogP contribution in [0.1, 0.15) is 12.1 Å². The Hall–Kier alpha value is -2.44. The van der Waals surface area contributed by atoms with Gasteiger partial charge in [-0.15, -0.1) is 0 Å². The van der Waals surface area contributed by atoms with Crippen molar-refractivity contribution in [2.45, 2.75) is 31.2 Å². The lowest BCUT2D eigenvalue weighted by atomic mass is 10.1. The van der Waals surface area contributed by atoms with E-state index < -0.39 is 0 Å². The highest BCUT2D eigenvalue weighted by molar-refractivity contribution is 5.99. The molecule has 6 heteroatoms. The lowest BCUT2D eigenvalue weighted by Gasteiger charge is -2.38. The van der Waals surface area contributed by atoms with E-state index in [0.29, 0.717) is 25.8 Å². The van der Waals surface area contributed by atoms with Gasteiger partial charge in [-0.1, -0.05) is 18.2 Å². The van der Waals surface area contributed by atoms with E-state index in [0.717, 1.165) is 30.1 Å². The SMILES string of the molecule is O=C1C2CC(CN2C2COC2)Oc2ccccc2N1Cc1ccccn1. The molecule has 1 aromatic carbocycles. The van der Waals surface area contributed by atoms with Gasteiger partial charge in [-0.05, 0) is 24.3 Å². The Kier molecular flexibility index (Phi) is 3.87. The van der Waals surface area contributed by atoms with Gasteiger partial charge in [-0.3, -0.25) is 14.7 Å². The van der Waals surface area contributed by atoms with Gasteiger partial charge in [0.05, 0.1) is 43.2 Å². The summed E-state index contributed by atoms with van der Waals surface area (Å²) in [7, 11) is 0. The minimum Gasteiger partial charge on any atom is -0.487 e. The van der Waals surface area contributed by atoms with Crippen LogP contribution < -0.4 is 9.64 Å². The highest BCUT2D eigenvalue weighted by atomic mass is 16.5. The maximum atomic E-state index is 13.5. The van der Waals surface area contributed by atoms with Crippen molar-refractivity contribution in [2.24, 2.45) is 0 Å². The minimum atomic E-state index is -0.161. The Labute approximate surface area is 152 Å². The zero-order chi connectivity index (χ0) is 17.5. The second-order valence-electron chi connectivity index (χ2n) is 7.09. The van der Waals surface area contributed by atoms with Crippen molar-refractivity contribution in [3.05, 3.63) is 54.4 Å². The van der Waals surface area contributed by atoms with Crippen molar-refractivity contribution in [1.29, 1.82) is 0 Å². The minimum absolute atomic E-state index is 0.0442. The average Bonchev–Trinajstić information content (AvgIpc) is 3.03. The number of rotatable bonds is 3. The molecule has 0 spiro atoms. The van der Waals surface area contributed by atoms with Crippen molar-refractivity contribution in [3.63, 3.8) is 0 Å². The maximum absolute atomic E-state index is 13.5. The highest BCUT2D eigenvalue weighted by Crippen LogP contribution is 2.38. The summed E-state index contributed by atoms with van der Waals surface area (Å²) >= 11 is 0. The second-order valence-corrected chi connectivity index (χ2v) is 7.09. The number of pyridine rings is 1. The van der Waals surface area contributed by atoms with Gasteiger partial charge < -0.3 is 14.4 Å².